The monoisotopic (exact) mass is 411 g/mol. The van der Waals surface area contributed by atoms with E-state index in [1.54, 1.807) is 12.3 Å². The first-order chi connectivity index (χ1) is 14.2. The van der Waals surface area contributed by atoms with Crippen molar-refractivity contribution in [3.05, 3.63) is 42.3 Å². The molecule has 1 saturated heterocycles. The number of aromatic nitrogens is 2. The topological polar surface area (TPSA) is 73.1 Å². The van der Waals surface area contributed by atoms with Crippen molar-refractivity contribution in [2.75, 3.05) is 23.1 Å². The van der Waals surface area contributed by atoms with Gasteiger partial charge < -0.3 is 15.0 Å². The normalized spacial score (nSPS) is 17.0. The van der Waals surface area contributed by atoms with Crippen LogP contribution in [0.25, 0.3) is 22.2 Å². The molecule has 0 radical (unpaired) electrons. The largest absolute Gasteiger partial charge is 0.346 e. The molecule has 2 fully saturated rings. The van der Waals surface area contributed by atoms with Crippen LogP contribution in [-0.2, 0) is 4.79 Å². The van der Waals surface area contributed by atoms with Crippen molar-refractivity contribution in [2.45, 2.75) is 25.7 Å². The Hall–Kier alpha value is -2.58. The summed E-state index contributed by atoms with van der Waals surface area (Å²) in [5.41, 5.74) is 2.71. The van der Waals surface area contributed by atoms with Crippen LogP contribution in [0.2, 0.25) is 0 Å². The molecule has 0 unspecified atom stereocenters. The Morgan fingerprint density at radius 1 is 1.21 bits per heavy atom. The molecule has 3 heterocycles. The van der Waals surface area contributed by atoms with Gasteiger partial charge in [-0.3, -0.25) is 4.79 Å². The maximum Gasteiger partial charge on any atom is 0.228 e. The van der Waals surface area contributed by atoms with E-state index < -0.39 is 0 Å². The molecule has 1 aliphatic heterocycles. The van der Waals surface area contributed by atoms with Crippen molar-refractivity contribution in [3.63, 3.8) is 0 Å². The molecule has 2 aliphatic rings. The van der Waals surface area contributed by atoms with Crippen molar-refractivity contribution in [3.8, 4) is 11.1 Å². The summed E-state index contributed by atoms with van der Waals surface area (Å²) in [6, 6.07) is 8.91. The predicted molar refractivity (Wildman–Crippen MR) is 115 cm³/mol. The van der Waals surface area contributed by atoms with Gasteiger partial charge >= 0.3 is 0 Å². The number of pyridine rings is 1. The van der Waals surface area contributed by atoms with Crippen LogP contribution in [-0.4, -0.2) is 33.3 Å². The zero-order chi connectivity index (χ0) is 19.8. The highest BCUT2D eigenvalue weighted by Crippen LogP contribution is 2.34. The first-order valence-electron chi connectivity index (χ1n) is 9.94. The number of hydrogen-bond acceptors (Lipinski definition) is 5. The second-order valence-corrected chi connectivity index (χ2v) is 8.49. The number of rotatable bonds is 6. The molecule has 8 heteroatoms. The predicted octanol–water partition coefficient (Wildman–Crippen LogP) is 4.79. The van der Waals surface area contributed by atoms with Crippen LogP contribution in [0.5, 0.6) is 0 Å². The van der Waals surface area contributed by atoms with E-state index in [1.807, 2.05) is 18.2 Å². The Morgan fingerprint density at radius 3 is 2.79 bits per heavy atom. The lowest BCUT2D eigenvalue weighted by Gasteiger charge is -2.15. The van der Waals surface area contributed by atoms with Gasteiger partial charge in [-0.25, -0.2) is 13.7 Å². The number of aromatic amines is 1. The van der Waals surface area contributed by atoms with Gasteiger partial charge in [0.1, 0.15) is 17.3 Å². The fourth-order valence-electron chi connectivity index (χ4n) is 3.57. The summed E-state index contributed by atoms with van der Waals surface area (Å²) in [7, 11) is 0. The molecule has 2 aromatic heterocycles. The number of fused-ring (bicyclic) bond motifs is 1. The second kappa shape index (κ2) is 7.68. The summed E-state index contributed by atoms with van der Waals surface area (Å²) in [5.74, 6) is 0.270. The number of nitrogens with one attached hydrogen (secondary N) is 3. The number of H-pyrrole nitrogens is 1. The lowest BCUT2D eigenvalue weighted by Crippen LogP contribution is -2.14. The molecule has 5 rings (SSSR count). The fourth-order valence-corrected chi connectivity index (χ4v) is 4.41. The van der Waals surface area contributed by atoms with E-state index >= 15 is 0 Å². The molecule has 3 N–H and O–H groups in total. The molecule has 1 amide bonds. The first-order valence-corrected chi connectivity index (χ1v) is 10.7. The number of carbonyl (C=O) groups excluding carboxylic acids is 1. The van der Waals surface area contributed by atoms with E-state index in [0.29, 0.717) is 17.2 Å². The Morgan fingerprint density at radius 2 is 2.03 bits per heavy atom. The molecule has 0 atom stereocenters. The minimum atomic E-state index is -0.307. The first kappa shape index (κ1) is 18.4. The third-order valence-corrected chi connectivity index (χ3v) is 6.29. The quantitative estimate of drug-likeness (QED) is 0.509. The second-order valence-electron chi connectivity index (χ2n) is 7.58. The van der Waals surface area contributed by atoms with Crippen LogP contribution in [0, 0.1) is 11.7 Å². The van der Waals surface area contributed by atoms with Crippen LogP contribution >= 0.6 is 12.1 Å². The van der Waals surface area contributed by atoms with E-state index in [9.17, 15) is 9.18 Å². The molecular weight excluding hydrogens is 389 g/mol. The van der Waals surface area contributed by atoms with Gasteiger partial charge in [-0.05, 0) is 61.1 Å². The average Bonchev–Trinajstić information content (AvgIpc) is 3.24. The zero-order valence-electron chi connectivity index (χ0n) is 15.9. The molecule has 3 aromatic rings. The summed E-state index contributed by atoms with van der Waals surface area (Å²) >= 11 is 1.46. The fraction of sp³-hybridized carbons (Fsp3) is 0.333. The molecule has 1 saturated carbocycles. The molecule has 0 spiro atoms. The highest BCUT2D eigenvalue weighted by atomic mass is 32.2. The summed E-state index contributed by atoms with van der Waals surface area (Å²) in [6.45, 7) is 2.05. The van der Waals surface area contributed by atoms with E-state index in [4.69, 9.17) is 0 Å². The van der Waals surface area contributed by atoms with E-state index in [1.165, 1.54) is 31.0 Å². The number of carbonyl (C=O) groups is 1. The molecule has 0 bridgehead atoms. The number of hydrogen-bond donors (Lipinski definition) is 3. The third kappa shape index (κ3) is 3.95. The molecule has 29 heavy (non-hydrogen) atoms. The SMILES string of the molecule is O=C(Nc1cc(-c2ccc(NSN3CCCC3)c(F)c2)c2cc[nH]c2n1)C1CC1. The zero-order valence-corrected chi connectivity index (χ0v) is 16.7. The summed E-state index contributed by atoms with van der Waals surface area (Å²) in [6.07, 6.45) is 6.03. The van der Waals surface area contributed by atoms with E-state index in [-0.39, 0.29) is 17.6 Å². The van der Waals surface area contributed by atoms with Gasteiger partial charge in [0.05, 0.1) is 5.69 Å². The van der Waals surface area contributed by atoms with Gasteiger partial charge in [0, 0.05) is 42.7 Å². The molecule has 1 aromatic carbocycles. The highest BCUT2D eigenvalue weighted by Gasteiger charge is 2.30. The van der Waals surface area contributed by atoms with Crippen LogP contribution in [0.1, 0.15) is 25.7 Å². The average molecular weight is 412 g/mol. The van der Waals surface area contributed by atoms with Crippen molar-refractivity contribution in [1.82, 2.24) is 14.3 Å². The van der Waals surface area contributed by atoms with Gasteiger partial charge in [0.25, 0.3) is 0 Å². The van der Waals surface area contributed by atoms with E-state index in [0.717, 1.165) is 42.4 Å². The number of nitrogens with zero attached hydrogens (tertiary/aromatic N) is 2. The Bertz CT molecular complexity index is 1060. The third-order valence-electron chi connectivity index (χ3n) is 5.36. The van der Waals surface area contributed by atoms with Crippen molar-refractivity contribution >= 4 is 40.6 Å². The van der Waals surface area contributed by atoms with Crippen LogP contribution in [0.15, 0.2) is 36.5 Å². The van der Waals surface area contributed by atoms with Crippen molar-refractivity contribution < 1.29 is 9.18 Å². The smallest absolute Gasteiger partial charge is 0.228 e. The standard InChI is InChI=1S/C21H22FN5OS/c22-17-11-14(5-6-18(17)26-29-27-9-1-2-10-27)16-12-19(25-21(28)13-3-4-13)24-20-15(16)7-8-23-20/h5-8,11-13,26H,1-4,9-10H2,(H2,23,24,25,28). The van der Waals surface area contributed by atoms with E-state index in [2.05, 4.69) is 24.3 Å². The van der Waals surface area contributed by atoms with Gasteiger partial charge in [-0.15, -0.1) is 0 Å². The minimum absolute atomic E-state index is 0.000905. The lowest BCUT2D eigenvalue weighted by atomic mass is 10.0. The van der Waals surface area contributed by atoms with Gasteiger partial charge in [-0.1, -0.05) is 6.07 Å². The summed E-state index contributed by atoms with van der Waals surface area (Å²) in [5, 5.41) is 3.78. The molecular formula is C21H22FN5OS. The highest BCUT2D eigenvalue weighted by molar-refractivity contribution is 7.98. The van der Waals surface area contributed by atoms with Crippen LogP contribution < -0.4 is 10.0 Å². The van der Waals surface area contributed by atoms with Gasteiger partial charge in [0.2, 0.25) is 5.91 Å². The lowest BCUT2D eigenvalue weighted by molar-refractivity contribution is -0.117. The maximum absolute atomic E-state index is 14.8. The maximum atomic E-state index is 14.8. The summed E-state index contributed by atoms with van der Waals surface area (Å²) < 4.78 is 20.1. The number of anilines is 2. The Kier molecular flexibility index (Phi) is 4.89. The number of benzene rings is 1. The summed E-state index contributed by atoms with van der Waals surface area (Å²) in [4.78, 5) is 19.7. The number of amides is 1. The van der Waals surface area contributed by atoms with Crippen molar-refractivity contribution in [2.24, 2.45) is 5.92 Å². The molecule has 6 nitrogen and oxygen atoms in total. The minimum Gasteiger partial charge on any atom is -0.346 e. The van der Waals surface area contributed by atoms with Gasteiger partial charge in [0.15, 0.2) is 0 Å². The van der Waals surface area contributed by atoms with Crippen LogP contribution in [0.4, 0.5) is 15.9 Å². The molecule has 1 aliphatic carbocycles. The van der Waals surface area contributed by atoms with Gasteiger partial charge in [-0.2, -0.15) is 0 Å². The Balaban J connectivity index is 1.42. The Labute approximate surface area is 172 Å². The van der Waals surface area contributed by atoms with Crippen LogP contribution in [0.3, 0.4) is 0 Å². The van der Waals surface area contributed by atoms with Crippen molar-refractivity contribution in [1.29, 1.82) is 0 Å². The molecule has 150 valence electrons. The number of halogens is 1.